The van der Waals surface area contributed by atoms with E-state index in [0.717, 1.165) is 4.59 Å². The summed E-state index contributed by atoms with van der Waals surface area (Å²) in [7, 11) is 0. The first-order chi connectivity index (χ1) is 4.15. The molecule has 0 saturated carbocycles. The molecule has 0 aliphatic rings. The zero-order valence-electron chi connectivity index (χ0n) is 8.58. The van der Waals surface area contributed by atoms with Crippen LogP contribution in [0.15, 0.2) is 0 Å². The van der Waals surface area contributed by atoms with E-state index >= 15 is 0 Å². The van der Waals surface area contributed by atoms with Crippen LogP contribution in [0.1, 0.15) is 41.5 Å². The average Bonchev–Trinajstić information content (AvgIpc) is 1.59. The van der Waals surface area contributed by atoms with E-state index in [4.69, 9.17) is 0 Å². The molecule has 0 bridgehead atoms. The van der Waals surface area contributed by atoms with Gasteiger partial charge in [0, 0.05) is 0 Å². The van der Waals surface area contributed by atoms with Crippen molar-refractivity contribution in [2.24, 2.45) is 10.8 Å². The Morgan fingerprint density at radius 1 is 0.800 bits per heavy atom. The molecule has 56 valence electrons. The van der Waals surface area contributed by atoms with Crippen LogP contribution in [0.4, 0.5) is 0 Å². The fourth-order valence-electron chi connectivity index (χ4n) is 1.30. The Bertz CT molecular complexity index is 88.9. The molecule has 0 aliphatic carbocycles. The van der Waals surface area contributed by atoms with E-state index in [2.05, 4.69) is 59.3 Å². The summed E-state index contributed by atoms with van der Waals surface area (Å²) in [4.78, 5) is 0. The summed E-state index contributed by atoms with van der Waals surface area (Å²) in [5.41, 5.74) is 0.885. The molecular formula is C9H19Li. The fraction of sp³-hybridized carbons (Fsp3) is 1.00. The standard InChI is InChI=1S/C9H19.Li/c1-8(2,3)7-9(4,5)6;/h7H,1-6H3;. The van der Waals surface area contributed by atoms with Crippen molar-refractivity contribution >= 4 is 17.7 Å². The molecule has 0 rings (SSSR count). The topological polar surface area (TPSA) is 0 Å². The van der Waals surface area contributed by atoms with Crippen molar-refractivity contribution in [1.82, 2.24) is 0 Å². The summed E-state index contributed by atoms with van der Waals surface area (Å²) in [6, 6.07) is 0. The molecule has 0 saturated heterocycles. The molecule has 0 aromatic carbocycles. The molecule has 0 amide bonds. The monoisotopic (exact) mass is 134 g/mol. The van der Waals surface area contributed by atoms with E-state index in [1.54, 1.807) is 0 Å². The molecule has 0 unspecified atom stereocenters. The van der Waals surface area contributed by atoms with Crippen molar-refractivity contribution in [3.63, 3.8) is 0 Å². The van der Waals surface area contributed by atoms with Gasteiger partial charge in [-0.05, 0) is 0 Å². The molecule has 0 nitrogen and oxygen atoms in total. The third-order valence-electron chi connectivity index (χ3n) is 2.60. The number of hydrogen-bond acceptors (Lipinski definition) is 0. The van der Waals surface area contributed by atoms with E-state index in [0.29, 0.717) is 10.8 Å². The van der Waals surface area contributed by atoms with Gasteiger partial charge in [-0.15, -0.1) is 0 Å². The molecule has 0 radical (unpaired) electrons. The predicted octanol–water partition coefficient (Wildman–Crippen LogP) is 3.04. The summed E-state index contributed by atoms with van der Waals surface area (Å²) >= 11 is 2.33. The summed E-state index contributed by atoms with van der Waals surface area (Å²) in [6.45, 7) is 13.9. The van der Waals surface area contributed by atoms with E-state index in [-0.39, 0.29) is 0 Å². The first kappa shape index (κ1) is 10.6. The molecule has 0 aromatic rings. The van der Waals surface area contributed by atoms with Gasteiger partial charge in [-0.2, -0.15) is 0 Å². The van der Waals surface area contributed by atoms with Gasteiger partial charge in [0.1, 0.15) is 0 Å². The van der Waals surface area contributed by atoms with Crippen molar-refractivity contribution in [3.8, 4) is 0 Å². The van der Waals surface area contributed by atoms with Gasteiger partial charge in [0.15, 0.2) is 0 Å². The third kappa shape index (κ3) is 3.13. The van der Waals surface area contributed by atoms with Crippen molar-refractivity contribution in [2.75, 3.05) is 0 Å². The quantitative estimate of drug-likeness (QED) is 0.447. The summed E-state index contributed by atoms with van der Waals surface area (Å²) in [6.07, 6.45) is 0. The summed E-state index contributed by atoms with van der Waals surface area (Å²) in [5, 5.41) is 0. The van der Waals surface area contributed by atoms with Crippen molar-refractivity contribution in [2.45, 2.75) is 46.1 Å². The maximum atomic E-state index is 2.33. The molecule has 0 aliphatic heterocycles. The Hall–Kier alpha value is 0.597. The fourth-order valence-corrected chi connectivity index (χ4v) is 1.30. The second kappa shape index (κ2) is 2.92. The summed E-state index contributed by atoms with van der Waals surface area (Å²) < 4.78 is 0.764. The van der Waals surface area contributed by atoms with Crippen LogP contribution < -0.4 is 0 Å². The minimum atomic E-state index is 0.443. The summed E-state index contributed by atoms with van der Waals surface area (Å²) in [5.74, 6) is 0. The third-order valence-corrected chi connectivity index (χ3v) is 2.60. The van der Waals surface area contributed by atoms with E-state index in [1.165, 1.54) is 0 Å². The molecule has 0 atom stereocenters. The molecular weight excluding hydrogens is 115 g/mol. The second-order valence-electron chi connectivity index (χ2n) is 5.45. The molecule has 0 N–H and O–H groups in total. The minimum absolute atomic E-state index is 0.443. The molecule has 0 fully saturated rings. The Morgan fingerprint density at radius 2 is 1.00 bits per heavy atom. The van der Waals surface area contributed by atoms with Gasteiger partial charge in [-0.1, -0.05) is 0 Å². The second-order valence-corrected chi connectivity index (χ2v) is 5.45. The van der Waals surface area contributed by atoms with Gasteiger partial charge in [-0.3, -0.25) is 0 Å². The Labute approximate surface area is 75.0 Å². The van der Waals surface area contributed by atoms with Crippen LogP contribution in [0.2, 0.25) is 4.59 Å². The van der Waals surface area contributed by atoms with Gasteiger partial charge < -0.3 is 0 Å². The molecule has 10 heavy (non-hydrogen) atoms. The first-order valence-electron chi connectivity index (χ1n) is 4.15. The molecule has 0 spiro atoms. The first-order valence-corrected chi connectivity index (χ1v) is 4.15. The van der Waals surface area contributed by atoms with Crippen LogP contribution in [-0.4, -0.2) is 17.7 Å². The van der Waals surface area contributed by atoms with Crippen LogP contribution in [0.25, 0.3) is 0 Å². The van der Waals surface area contributed by atoms with E-state index < -0.39 is 0 Å². The zero-order chi connectivity index (χ0) is 8.58. The van der Waals surface area contributed by atoms with Crippen LogP contribution in [-0.2, 0) is 0 Å². The van der Waals surface area contributed by atoms with Crippen LogP contribution in [0, 0.1) is 10.8 Å². The number of rotatable bonds is 0. The normalized spacial score (nSPS) is 14.5. The zero-order valence-corrected chi connectivity index (χ0v) is 8.58. The van der Waals surface area contributed by atoms with Gasteiger partial charge in [-0.25, -0.2) is 0 Å². The maximum absolute atomic E-state index is 2.33. The average molecular weight is 134 g/mol. The molecule has 0 aromatic heterocycles. The predicted molar refractivity (Wildman–Crippen MR) is 48.4 cm³/mol. The Kier molecular flexibility index (Phi) is 3.09. The van der Waals surface area contributed by atoms with Crippen molar-refractivity contribution in [3.05, 3.63) is 0 Å². The SMILES string of the molecule is [Li][CH](C(C)(C)C)C(C)(C)C. The molecule has 1 heteroatoms. The van der Waals surface area contributed by atoms with E-state index in [9.17, 15) is 0 Å². The van der Waals surface area contributed by atoms with Gasteiger partial charge in [0.2, 0.25) is 0 Å². The van der Waals surface area contributed by atoms with Gasteiger partial charge >= 0.3 is 74.7 Å². The number of hydrogen-bond donors (Lipinski definition) is 0. The van der Waals surface area contributed by atoms with Gasteiger partial charge in [0.25, 0.3) is 0 Å². The van der Waals surface area contributed by atoms with Crippen LogP contribution in [0.3, 0.4) is 0 Å². The van der Waals surface area contributed by atoms with Crippen LogP contribution in [0.5, 0.6) is 0 Å². The van der Waals surface area contributed by atoms with Crippen molar-refractivity contribution in [1.29, 1.82) is 0 Å². The van der Waals surface area contributed by atoms with Crippen molar-refractivity contribution < 1.29 is 0 Å². The Balaban J connectivity index is 4.23. The molecule has 0 heterocycles. The van der Waals surface area contributed by atoms with E-state index in [1.807, 2.05) is 0 Å². The van der Waals surface area contributed by atoms with Crippen LogP contribution >= 0.6 is 0 Å². The van der Waals surface area contributed by atoms with Gasteiger partial charge in [0.05, 0.1) is 0 Å². The Morgan fingerprint density at radius 3 is 1.00 bits per heavy atom.